The average molecular weight is 334 g/mol. The minimum absolute atomic E-state index is 0.0398. The quantitative estimate of drug-likeness (QED) is 0.857. The van der Waals surface area contributed by atoms with Crippen molar-refractivity contribution in [2.45, 2.75) is 38.9 Å². The van der Waals surface area contributed by atoms with Crippen LogP contribution in [0.4, 0.5) is 0 Å². The molecular weight excluding hydrogens is 308 g/mol. The highest BCUT2D eigenvalue weighted by Crippen LogP contribution is 2.22. The van der Waals surface area contributed by atoms with E-state index in [0.717, 1.165) is 12.0 Å². The van der Waals surface area contributed by atoms with Crippen LogP contribution in [0.2, 0.25) is 0 Å². The number of carbonyl (C=O) groups is 2. The zero-order chi connectivity index (χ0) is 17.6. The van der Waals surface area contributed by atoms with Crippen LogP contribution in [0, 0.1) is 0 Å². The second kappa shape index (κ2) is 8.26. The van der Waals surface area contributed by atoms with Gasteiger partial charge in [0.15, 0.2) is 6.29 Å². The smallest absolute Gasteiger partial charge is 0.251 e. The van der Waals surface area contributed by atoms with E-state index in [1.54, 1.807) is 12.1 Å². The van der Waals surface area contributed by atoms with Gasteiger partial charge in [-0.15, -0.1) is 0 Å². The lowest BCUT2D eigenvalue weighted by atomic mass is 9.87. The number of carbonyl (C=O) groups excluding carboxylic acids is 2. The van der Waals surface area contributed by atoms with Gasteiger partial charge in [0.05, 0.1) is 26.3 Å². The molecule has 1 heterocycles. The lowest BCUT2D eigenvalue weighted by molar-refractivity contribution is -0.176. The number of ether oxygens (including phenoxy) is 2. The van der Waals surface area contributed by atoms with Crippen LogP contribution in [0.5, 0.6) is 0 Å². The standard InChI is InChI=1S/C18H26N2O4/c1-18(2,3)14-7-5-13(6-8-14)17(22)20-11-15(21)19-12-16-23-9-4-10-24-16/h5-8,16H,4,9-12H2,1-3H3,(H,19,21)(H,20,22). The van der Waals surface area contributed by atoms with Gasteiger partial charge in [0.2, 0.25) is 5.91 Å². The molecule has 1 aromatic carbocycles. The second-order valence-electron chi connectivity index (χ2n) is 6.84. The van der Waals surface area contributed by atoms with E-state index in [4.69, 9.17) is 9.47 Å². The Morgan fingerprint density at radius 3 is 2.29 bits per heavy atom. The maximum atomic E-state index is 12.1. The molecule has 0 unspecified atom stereocenters. The molecule has 0 spiro atoms. The Labute approximate surface area is 142 Å². The molecule has 0 radical (unpaired) electrons. The minimum Gasteiger partial charge on any atom is -0.351 e. The highest BCUT2D eigenvalue weighted by Gasteiger charge is 2.16. The molecule has 1 aromatic rings. The fraction of sp³-hybridized carbons (Fsp3) is 0.556. The fourth-order valence-corrected chi connectivity index (χ4v) is 2.30. The first-order valence-electron chi connectivity index (χ1n) is 8.25. The SMILES string of the molecule is CC(C)(C)c1ccc(C(=O)NCC(=O)NCC2OCCCO2)cc1. The molecule has 1 saturated heterocycles. The van der Waals surface area contributed by atoms with Crippen LogP contribution in [0.15, 0.2) is 24.3 Å². The van der Waals surface area contributed by atoms with Gasteiger partial charge in [0, 0.05) is 5.56 Å². The van der Waals surface area contributed by atoms with E-state index in [9.17, 15) is 9.59 Å². The van der Waals surface area contributed by atoms with Crippen molar-refractivity contribution in [3.63, 3.8) is 0 Å². The number of hydrogen-bond donors (Lipinski definition) is 2. The lowest BCUT2D eigenvalue weighted by Crippen LogP contribution is -2.42. The number of rotatable bonds is 5. The van der Waals surface area contributed by atoms with Crippen molar-refractivity contribution >= 4 is 11.8 Å². The number of amides is 2. The van der Waals surface area contributed by atoms with E-state index in [2.05, 4.69) is 31.4 Å². The van der Waals surface area contributed by atoms with Crippen LogP contribution in [0.1, 0.15) is 43.1 Å². The third-order valence-electron chi connectivity index (χ3n) is 3.78. The summed E-state index contributed by atoms with van der Waals surface area (Å²) >= 11 is 0. The summed E-state index contributed by atoms with van der Waals surface area (Å²) < 4.78 is 10.7. The molecule has 24 heavy (non-hydrogen) atoms. The first-order chi connectivity index (χ1) is 11.4. The van der Waals surface area contributed by atoms with Crippen molar-refractivity contribution in [2.75, 3.05) is 26.3 Å². The predicted octanol–water partition coefficient (Wildman–Crippen LogP) is 1.59. The zero-order valence-electron chi connectivity index (χ0n) is 14.6. The fourth-order valence-electron chi connectivity index (χ4n) is 2.30. The molecule has 0 aromatic heterocycles. The summed E-state index contributed by atoms with van der Waals surface area (Å²) in [6.07, 6.45) is 0.470. The molecule has 0 bridgehead atoms. The van der Waals surface area contributed by atoms with Crippen molar-refractivity contribution in [3.05, 3.63) is 35.4 Å². The minimum atomic E-state index is -0.400. The molecule has 2 N–H and O–H groups in total. The maximum absolute atomic E-state index is 12.1. The zero-order valence-corrected chi connectivity index (χ0v) is 14.6. The molecule has 132 valence electrons. The normalized spacial score (nSPS) is 15.8. The van der Waals surface area contributed by atoms with Gasteiger partial charge in [0.1, 0.15) is 0 Å². The number of benzene rings is 1. The molecule has 1 aliphatic heterocycles. The summed E-state index contributed by atoms with van der Waals surface area (Å²) in [7, 11) is 0. The molecule has 1 fully saturated rings. The van der Waals surface area contributed by atoms with Crippen molar-refractivity contribution in [1.82, 2.24) is 10.6 Å². The largest absolute Gasteiger partial charge is 0.351 e. The third kappa shape index (κ3) is 5.62. The van der Waals surface area contributed by atoms with Gasteiger partial charge in [-0.05, 0) is 29.5 Å². The van der Waals surface area contributed by atoms with E-state index >= 15 is 0 Å². The van der Waals surface area contributed by atoms with Crippen LogP contribution < -0.4 is 10.6 Å². The Morgan fingerprint density at radius 2 is 1.71 bits per heavy atom. The van der Waals surface area contributed by atoms with E-state index < -0.39 is 6.29 Å². The second-order valence-corrected chi connectivity index (χ2v) is 6.84. The summed E-state index contributed by atoms with van der Waals surface area (Å²) in [6, 6.07) is 7.43. The molecule has 0 aliphatic carbocycles. The molecular formula is C18H26N2O4. The topological polar surface area (TPSA) is 76.7 Å². The highest BCUT2D eigenvalue weighted by molar-refractivity contribution is 5.96. The van der Waals surface area contributed by atoms with Gasteiger partial charge in [-0.25, -0.2) is 0 Å². The molecule has 6 nitrogen and oxygen atoms in total. The van der Waals surface area contributed by atoms with Crippen LogP contribution in [-0.4, -0.2) is 44.4 Å². The first kappa shape index (κ1) is 18.4. The first-order valence-corrected chi connectivity index (χ1v) is 8.25. The van der Waals surface area contributed by atoms with E-state index in [0.29, 0.717) is 18.8 Å². The Kier molecular flexibility index (Phi) is 6.34. The Balaban J connectivity index is 1.74. The van der Waals surface area contributed by atoms with Gasteiger partial charge >= 0.3 is 0 Å². The number of nitrogens with one attached hydrogen (secondary N) is 2. The van der Waals surface area contributed by atoms with Gasteiger partial charge in [0.25, 0.3) is 5.91 Å². The summed E-state index contributed by atoms with van der Waals surface area (Å²) in [5.74, 6) is -0.539. The Bertz CT molecular complexity index is 557. The van der Waals surface area contributed by atoms with Gasteiger partial charge in [-0.2, -0.15) is 0 Å². The lowest BCUT2D eigenvalue weighted by Gasteiger charge is -2.23. The summed E-state index contributed by atoms with van der Waals surface area (Å²) in [5.41, 5.74) is 1.73. The van der Waals surface area contributed by atoms with Crippen molar-refractivity contribution in [1.29, 1.82) is 0 Å². The van der Waals surface area contributed by atoms with Crippen molar-refractivity contribution in [2.24, 2.45) is 0 Å². The van der Waals surface area contributed by atoms with Crippen molar-refractivity contribution < 1.29 is 19.1 Å². The van der Waals surface area contributed by atoms with Gasteiger partial charge in [-0.1, -0.05) is 32.9 Å². The molecule has 6 heteroatoms. The molecule has 0 saturated carbocycles. The van der Waals surface area contributed by atoms with Crippen LogP contribution in [0.3, 0.4) is 0 Å². The molecule has 0 atom stereocenters. The highest BCUT2D eigenvalue weighted by atomic mass is 16.7. The average Bonchev–Trinajstić information content (AvgIpc) is 2.58. The Morgan fingerprint density at radius 1 is 1.08 bits per heavy atom. The molecule has 1 aliphatic rings. The number of hydrogen-bond acceptors (Lipinski definition) is 4. The van der Waals surface area contributed by atoms with Crippen LogP contribution >= 0.6 is 0 Å². The third-order valence-corrected chi connectivity index (χ3v) is 3.78. The van der Waals surface area contributed by atoms with Gasteiger partial charge < -0.3 is 20.1 Å². The van der Waals surface area contributed by atoms with Gasteiger partial charge in [-0.3, -0.25) is 9.59 Å². The van der Waals surface area contributed by atoms with E-state index in [1.165, 1.54) is 0 Å². The Hall–Kier alpha value is -1.92. The van der Waals surface area contributed by atoms with Crippen LogP contribution in [-0.2, 0) is 19.7 Å². The summed E-state index contributed by atoms with van der Waals surface area (Å²) in [4.78, 5) is 23.8. The van der Waals surface area contributed by atoms with E-state index in [1.807, 2.05) is 12.1 Å². The van der Waals surface area contributed by atoms with Crippen molar-refractivity contribution in [3.8, 4) is 0 Å². The maximum Gasteiger partial charge on any atom is 0.251 e. The van der Waals surface area contributed by atoms with E-state index in [-0.39, 0.29) is 30.3 Å². The monoisotopic (exact) mass is 334 g/mol. The molecule has 2 amide bonds. The predicted molar refractivity (Wildman–Crippen MR) is 90.8 cm³/mol. The summed E-state index contributed by atoms with van der Waals surface area (Å²) in [5, 5.41) is 5.30. The van der Waals surface area contributed by atoms with Crippen LogP contribution in [0.25, 0.3) is 0 Å². The molecule has 2 rings (SSSR count). The summed E-state index contributed by atoms with van der Waals surface area (Å²) in [6.45, 7) is 7.84.